The number of nitrogens with one attached hydrogen (secondary N) is 1. The summed E-state index contributed by atoms with van der Waals surface area (Å²) in [6, 6.07) is 10.5. The van der Waals surface area contributed by atoms with Crippen molar-refractivity contribution in [2.75, 3.05) is 22.9 Å². The van der Waals surface area contributed by atoms with Gasteiger partial charge >= 0.3 is 0 Å². The Hall–Kier alpha value is -3.06. The molecule has 0 aliphatic carbocycles. The number of benzene rings is 2. The van der Waals surface area contributed by atoms with Crippen LogP contribution in [0.2, 0.25) is 0 Å². The summed E-state index contributed by atoms with van der Waals surface area (Å²) in [5.41, 5.74) is 3.35. The molecule has 0 saturated carbocycles. The Bertz CT molecular complexity index is 1090. The quantitative estimate of drug-likeness (QED) is 0.463. The molecule has 2 amide bonds. The summed E-state index contributed by atoms with van der Waals surface area (Å²) in [5.74, 6) is -1.48. The van der Waals surface area contributed by atoms with Crippen LogP contribution >= 0.6 is 12.2 Å². The van der Waals surface area contributed by atoms with Crippen molar-refractivity contribution in [2.24, 2.45) is 0 Å². The van der Waals surface area contributed by atoms with Gasteiger partial charge in [0.1, 0.15) is 11.4 Å². The highest BCUT2D eigenvalue weighted by molar-refractivity contribution is 7.80. The Morgan fingerprint density at radius 1 is 1.03 bits per heavy atom. The second-order valence-corrected chi connectivity index (χ2v) is 8.04. The number of aryl methyl sites for hydroxylation is 2. The van der Waals surface area contributed by atoms with Crippen molar-refractivity contribution in [3.63, 3.8) is 0 Å². The smallest absolute Gasteiger partial charge is 0.270 e. The molecular weight excluding hydrogens is 401 g/mol. The van der Waals surface area contributed by atoms with Gasteiger partial charge in [-0.1, -0.05) is 18.2 Å². The summed E-state index contributed by atoms with van der Waals surface area (Å²) in [6.45, 7) is 5.46. The van der Waals surface area contributed by atoms with Crippen LogP contribution in [-0.4, -0.2) is 30.0 Å². The maximum Gasteiger partial charge on any atom is 0.270 e. The number of hydrogen-bond acceptors (Lipinski definition) is 4. The highest BCUT2D eigenvalue weighted by atomic mass is 32.1. The van der Waals surface area contributed by atoms with E-state index in [0.29, 0.717) is 16.9 Å². The fourth-order valence-corrected chi connectivity index (χ4v) is 4.10. The van der Waals surface area contributed by atoms with Gasteiger partial charge in [0.2, 0.25) is 0 Å². The summed E-state index contributed by atoms with van der Waals surface area (Å²) in [4.78, 5) is 29.0. The first-order chi connectivity index (χ1) is 14.3. The molecule has 7 heteroatoms. The summed E-state index contributed by atoms with van der Waals surface area (Å²) in [6.07, 6.45) is 3.51. The number of amides is 2. The molecule has 5 nitrogen and oxygen atoms in total. The van der Waals surface area contributed by atoms with Crippen LogP contribution in [0, 0.1) is 19.7 Å². The lowest BCUT2D eigenvalue weighted by Gasteiger charge is -2.30. The number of carbonyl (C=O) groups is 2. The fourth-order valence-electron chi connectivity index (χ4n) is 3.83. The zero-order valence-corrected chi connectivity index (χ0v) is 17.7. The molecule has 0 aromatic heterocycles. The van der Waals surface area contributed by atoms with E-state index < -0.39 is 11.8 Å². The van der Waals surface area contributed by atoms with Crippen LogP contribution < -0.4 is 15.1 Å². The topological polar surface area (TPSA) is 52.7 Å². The second-order valence-electron chi connectivity index (χ2n) is 7.65. The van der Waals surface area contributed by atoms with Gasteiger partial charge in [-0.05, 0) is 79.9 Å². The van der Waals surface area contributed by atoms with Gasteiger partial charge in [0.05, 0.1) is 11.4 Å². The summed E-state index contributed by atoms with van der Waals surface area (Å²) in [7, 11) is 0. The lowest BCUT2D eigenvalue weighted by atomic mass is 10.0. The highest BCUT2D eigenvalue weighted by Gasteiger charge is 2.35. The number of nitrogens with zero attached hydrogens (tertiary/aromatic N) is 2. The van der Waals surface area contributed by atoms with Gasteiger partial charge in [-0.2, -0.15) is 0 Å². The van der Waals surface area contributed by atoms with E-state index in [1.54, 1.807) is 12.1 Å². The Kier molecular flexibility index (Phi) is 5.39. The van der Waals surface area contributed by atoms with E-state index in [9.17, 15) is 14.0 Å². The fraction of sp³-hybridized carbons (Fsp3) is 0.261. The number of halogens is 1. The van der Waals surface area contributed by atoms with Crippen molar-refractivity contribution in [2.45, 2.75) is 26.7 Å². The van der Waals surface area contributed by atoms with Crippen molar-refractivity contribution in [1.82, 2.24) is 5.32 Å². The van der Waals surface area contributed by atoms with Crippen LogP contribution in [0.15, 0.2) is 42.0 Å². The minimum atomic E-state index is -0.587. The molecule has 1 N–H and O–H groups in total. The molecule has 2 aliphatic heterocycles. The van der Waals surface area contributed by atoms with E-state index in [1.807, 2.05) is 36.9 Å². The van der Waals surface area contributed by atoms with Crippen LogP contribution in [-0.2, 0) is 9.59 Å². The van der Waals surface area contributed by atoms with Crippen LogP contribution in [0.4, 0.5) is 15.8 Å². The first-order valence-electron chi connectivity index (χ1n) is 9.88. The third-order valence-corrected chi connectivity index (χ3v) is 5.72. The SMILES string of the molecule is Cc1ccc(C)c(N2C(=O)/C(=C/c3ccc(N4CCCC4)c(F)c3)C(=O)NC2=S)c1. The molecular formula is C23H22FN3O2S. The summed E-state index contributed by atoms with van der Waals surface area (Å²) >= 11 is 5.26. The molecule has 0 atom stereocenters. The van der Waals surface area contributed by atoms with Gasteiger partial charge in [0.25, 0.3) is 11.8 Å². The molecule has 30 heavy (non-hydrogen) atoms. The minimum absolute atomic E-state index is 0.0337. The molecule has 4 rings (SSSR count). The predicted molar refractivity (Wildman–Crippen MR) is 120 cm³/mol. The Labute approximate surface area is 180 Å². The van der Waals surface area contributed by atoms with Gasteiger partial charge < -0.3 is 4.90 Å². The average molecular weight is 424 g/mol. The third-order valence-electron chi connectivity index (χ3n) is 5.44. The summed E-state index contributed by atoms with van der Waals surface area (Å²) < 4.78 is 14.7. The van der Waals surface area contributed by atoms with E-state index in [-0.39, 0.29) is 16.5 Å². The number of hydrogen-bond donors (Lipinski definition) is 1. The van der Waals surface area contributed by atoms with Gasteiger partial charge in [-0.25, -0.2) is 4.39 Å². The molecule has 0 bridgehead atoms. The summed E-state index contributed by atoms with van der Waals surface area (Å²) in [5, 5.41) is 2.61. The Balaban J connectivity index is 1.69. The maximum atomic E-state index is 14.7. The molecule has 2 heterocycles. The molecule has 0 unspecified atom stereocenters. The molecule has 0 radical (unpaired) electrons. The van der Waals surface area contributed by atoms with E-state index >= 15 is 0 Å². The molecule has 154 valence electrons. The zero-order valence-electron chi connectivity index (χ0n) is 16.9. The van der Waals surface area contributed by atoms with Crippen LogP contribution in [0.5, 0.6) is 0 Å². The lowest BCUT2D eigenvalue weighted by molar-refractivity contribution is -0.122. The molecule has 0 spiro atoms. The van der Waals surface area contributed by atoms with Crippen LogP contribution in [0.1, 0.15) is 29.5 Å². The Morgan fingerprint density at radius 3 is 2.47 bits per heavy atom. The van der Waals surface area contributed by atoms with Gasteiger partial charge in [0.15, 0.2) is 5.11 Å². The van der Waals surface area contributed by atoms with Crippen molar-refractivity contribution in [3.8, 4) is 0 Å². The van der Waals surface area contributed by atoms with E-state index in [1.165, 1.54) is 17.0 Å². The van der Waals surface area contributed by atoms with Crippen LogP contribution in [0.25, 0.3) is 6.08 Å². The first kappa shape index (κ1) is 20.2. The number of anilines is 2. The molecule has 2 fully saturated rings. The molecule has 2 aromatic rings. The van der Waals surface area contributed by atoms with Crippen molar-refractivity contribution < 1.29 is 14.0 Å². The molecule has 2 aromatic carbocycles. The highest BCUT2D eigenvalue weighted by Crippen LogP contribution is 2.28. The van der Waals surface area contributed by atoms with Crippen molar-refractivity contribution in [3.05, 3.63) is 64.5 Å². The predicted octanol–water partition coefficient (Wildman–Crippen LogP) is 3.87. The largest absolute Gasteiger partial charge is 0.369 e. The lowest BCUT2D eigenvalue weighted by Crippen LogP contribution is -2.54. The standard InChI is InChI=1S/C23H22FN3O2S/c1-14-5-6-15(2)20(11-14)27-22(29)17(21(28)25-23(27)30)12-16-7-8-19(18(24)13-16)26-9-3-4-10-26/h5-8,11-13H,3-4,9-10H2,1-2H3,(H,25,28,30)/b17-12+. The molecule has 2 saturated heterocycles. The van der Waals surface area contributed by atoms with Crippen LogP contribution in [0.3, 0.4) is 0 Å². The van der Waals surface area contributed by atoms with E-state index in [2.05, 4.69) is 5.32 Å². The monoisotopic (exact) mass is 423 g/mol. The van der Waals surface area contributed by atoms with Gasteiger partial charge in [-0.3, -0.25) is 19.8 Å². The molecule has 2 aliphatic rings. The minimum Gasteiger partial charge on any atom is -0.369 e. The van der Waals surface area contributed by atoms with Gasteiger partial charge in [0, 0.05) is 13.1 Å². The normalized spacial score (nSPS) is 18.4. The van der Waals surface area contributed by atoms with Crippen molar-refractivity contribution >= 4 is 46.6 Å². The average Bonchev–Trinajstić information content (AvgIpc) is 3.22. The zero-order chi connectivity index (χ0) is 21.4. The Morgan fingerprint density at radius 2 is 1.77 bits per heavy atom. The van der Waals surface area contributed by atoms with E-state index in [0.717, 1.165) is 37.1 Å². The third kappa shape index (κ3) is 3.73. The number of carbonyl (C=O) groups excluding carboxylic acids is 2. The van der Waals surface area contributed by atoms with Gasteiger partial charge in [-0.15, -0.1) is 0 Å². The maximum absolute atomic E-state index is 14.7. The first-order valence-corrected chi connectivity index (χ1v) is 10.3. The second kappa shape index (κ2) is 7.99. The van der Waals surface area contributed by atoms with E-state index in [4.69, 9.17) is 12.2 Å². The number of rotatable bonds is 3. The van der Waals surface area contributed by atoms with Crippen molar-refractivity contribution in [1.29, 1.82) is 0 Å². The number of thiocarbonyl (C=S) groups is 1.